The molecule has 0 aromatic heterocycles. The Hall–Kier alpha value is -1.79. The molecule has 1 heterocycles. The Bertz CT molecular complexity index is 770. The first kappa shape index (κ1) is 26.2. The Balaban J connectivity index is 0.00000225. The maximum atomic E-state index is 12.8. The van der Waals surface area contributed by atoms with E-state index in [0.29, 0.717) is 6.54 Å². The van der Waals surface area contributed by atoms with Gasteiger partial charge < -0.3 is 15.8 Å². The summed E-state index contributed by atoms with van der Waals surface area (Å²) in [5.41, 5.74) is 8.43. The number of carbonyl (C=O) groups is 1. The number of benzene rings is 2. The number of para-hydroxylation sites is 1. The van der Waals surface area contributed by atoms with Crippen LogP contribution < -0.4 is 15.8 Å². The van der Waals surface area contributed by atoms with E-state index in [9.17, 15) is 4.79 Å². The number of rotatable bonds is 8. The molecule has 30 heavy (non-hydrogen) atoms. The molecule has 2 aromatic carbocycles. The maximum Gasteiger partial charge on any atom is 0.224 e. The summed E-state index contributed by atoms with van der Waals surface area (Å²) in [5, 5.41) is 3.14. The summed E-state index contributed by atoms with van der Waals surface area (Å²) in [6.07, 6.45) is 2.38. The second-order valence-corrected chi connectivity index (χ2v) is 7.47. The number of hydrogen-bond acceptors (Lipinski definition) is 4. The summed E-state index contributed by atoms with van der Waals surface area (Å²) >= 11 is 0. The fourth-order valence-corrected chi connectivity index (χ4v) is 3.92. The van der Waals surface area contributed by atoms with E-state index in [2.05, 4.69) is 16.3 Å². The van der Waals surface area contributed by atoms with Gasteiger partial charge in [-0.2, -0.15) is 0 Å². The summed E-state index contributed by atoms with van der Waals surface area (Å²) in [7, 11) is 1.69. The normalized spacial score (nSPS) is 16.5. The van der Waals surface area contributed by atoms with Gasteiger partial charge in [0.25, 0.3) is 0 Å². The van der Waals surface area contributed by atoms with Crippen molar-refractivity contribution >= 4 is 30.7 Å². The van der Waals surface area contributed by atoms with Crippen LogP contribution in [0.2, 0.25) is 0 Å². The van der Waals surface area contributed by atoms with E-state index in [-0.39, 0.29) is 48.7 Å². The summed E-state index contributed by atoms with van der Waals surface area (Å²) in [6, 6.07) is 17.6. The highest BCUT2D eigenvalue weighted by Crippen LogP contribution is 2.31. The van der Waals surface area contributed by atoms with Crippen LogP contribution in [-0.2, 0) is 4.79 Å². The van der Waals surface area contributed by atoms with Crippen molar-refractivity contribution in [1.29, 1.82) is 0 Å². The number of amides is 1. The van der Waals surface area contributed by atoms with Crippen molar-refractivity contribution in [2.24, 2.45) is 11.7 Å². The molecule has 1 amide bonds. The van der Waals surface area contributed by atoms with Crippen LogP contribution >= 0.6 is 24.8 Å². The molecule has 0 aliphatic carbocycles. The van der Waals surface area contributed by atoms with Gasteiger partial charge in [0.1, 0.15) is 5.75 Å². The molecule has 0 radical (unpaired) electrons. The van der Waals surface area contributed by atoms with Gasteiger partial charge in [-0.15, -0.1) is 24.8 Å². The van der Waals surface area contributed by atoms with Crippen molar-refractivity contribution in [1.82, 2.24) is 10.2 Å². The SMILES string of the molecule is COc1ccccc1C(CNC(=O)C(C)C(N)c1ccccc1)N1CCCC1.Cl.Cl. The number of likely N-dealkylation sites (tertiary alicyclic amines) is 1. The number of nitrogens with two attached hydrogens (primary N) is 1. The number of carbonyl (C=O) groups excluding carboxylic acids is 1. The molecule has 1 aliphatic heterocycles. The first-order valence-electron chi connectivity index (χ1n) is 10.1. The molecule has 1 fully saturated rings. The molecular weight excluding hydrogens is 421 g/mol. The van der Waals surface area contributed by atoms with Crippen LogP contribution in [0.4, 0.5) is 0 Å². The zero-order chi connectivity index (χ0) is 19.9. The van der Waals surface area contributed by atoms with Crippen LogP contribution in [-0.4, -0.2) is 37.6 Å². The van der Waals surface area contributed by atoms with Crippen LogP contribution in [0.5, 0.6) is 5.75 Å². The Morgan fingerprint density at radius 1 is 1.07 bits per heavy atom. The van der Waals surface area contributed by atoms with Crippen molar-refractivity contribution in [3.05, 3.63) is 65.7 Å². The highest BCUT2D eigenvalue weighted by Gasteiger charge is 2.28. The third-order valence-corrected chi connectivity index (χ3v) is 5.69. The number of ether oxygens (including phenoxy) is 1. The number of nitrogens with zero attached hydrogens (tertiary/aromatic N) is 1. The molecule has 1 aliphatic rings. The molecular formula is C23H33Cl2N3O2. The van der Waals surface area contributed by atoms with Gasteiger partial charge in [-0.1, -0.05) is 55.5 Å². The minimum atomic E-state index is -0.322. The maximum absolute atomic E-state index is 12.8. The van der Waals surface area contributed by atoms with E-state index < -0.39 is 0 Å². The summed E-state index contributed by atoms with van der Waals surface area (Å²) in [4.78, 5) is 15.3. The number of hydrogen-bond donors (Lipinski definition) is 2. The molecule has 7 heteroatoms. The van der Waals surface area contributed by atoms with Crippen LogP contribution in [0, 0.1) is 5.92 Å². The van der Waals surface area contributed by atoms with Crippen molar-refractivity contribution in [3.63, 3.8) is 0 Å². The molecule has 0 spiro atoms. The van der Waals surface area contributed by atoms with Crippen LogP contribution in [0.1, 0.15) is 43.0 Å². The molecule has 1 saturated heterocycles. The monoisotopic (exact) mass is 453 g/mol. The minimum Gasteiger partial charge on any atom is -0.496 e. The lowest BCUT2D eigenvalue weighted by molar-refractivity contribution is -0.125. The third kappa shape index (κ3) is 6.35. The van der Waals surface area contributed by atoms with Crippen LogP contribution in [0.3, 0.4) is 0 Å². The first-order valence-corrected chi connectivity index (χ1v) is 10.1. The fraction of sp³-hybridized carbons (Fsp3) is 0.435. The molecule has 5 nitrogen and oxygen atoms in total. The lowest BCUT2D eigenvalue weighted by Crippen LogP contribution is -2.41. The van der Waals surface area contributed by atoms with E-state index in [1.165, 1.54) is 12.8 Å². The lowest BCUT2D eigenvalue weighted by atomic mass is 9.94. The third-order valence-electron chi connectivity index (χ3n) is 5.69. The van der Waals surface area contributed by atoms with Crippen molar-refractivity contribution in [2.45, 2.75) is 31.8 Å². The molecule has 166 valence electrons. The number of methoxy groups -OCH3 is 1. The molecule has 0 bridgehead atoms. The van der Waals surface area contributed by atoms with Crippen molar-refractivity contribution < 1.29 is 9.53 Å². The van der Waals surface area contributed by atoms with E-state index in [1.54, 1.807) is 7.11 Å². The topological polar surface area (TPSA) is 67.6 Å². The Labute approximate surface area is 192 Å². The smallest absolute Gasteiger partial charge is 0.224 e. The van der Waals surface area contributed by atoms with Gasteiger partial charge in [0, 0.05) is 18.2 Å². The van der Waals surface area contributed by atoms with E-state index in [1.807, 2.05) is 55.5 Å². The average molecular weight is 454 g/mol. The largest absolute Gasteiger partial charge is 0.496 e. The van der Waals surface area contributed by atoms with E-state index >= 15 is 0 Å². The van der Waals surface area contributed by atoms with Crippen LogP contribution in [0.25, 0.3) is 0 Å². The summed E-state index contributed by atoms with van der Waals surface area (Å²) in [5.74, 6) is 0.539. The standard InChI is InChI=1S/C23H31N3O2.2ClH/c1-17(22(24)18-10-4-3-5-11-18)23(27)25-16-20(26-14-8-9-15-26)19-12-6-7-13-21(19)28-2;;/h3-7,10-13,17,20,22H,8-9,14-16,24H2,1-2H3,(H,25,27);2*1H. The van der Waals surface area contributed by atoms with Crippen LogP contribution in [0.15, 0.2) is 54.6 Å². The number of nitrogens with one attached hydrogen (secondary N) is 1. The molecule has 0 saturated carbocycles. The summed E-state index contributed by atoms with van der Waals surface area (Å²) in [6.45, 7) is 4.52. The lowest BCUT2D eigenvalue weighted by Gasteiger charge is -2.30. The van der Waals surface area contributed by atoms with E-state index in [4.69, 9.17) is 10.5 Å². The Morgan fingerprint density at radius 2 is 1.67 bits per heavy atom. The van der Waals surface area contributed by atoms with Gasteiger partial charge in [0.15, 0.2) is 0 Å². The predicted octanol–water partition coefficient (Wildman–Crippen LogP) is 4.13. The Kier molecular flexibility index (Phi) is 11.2. The molecule has 3 atom stereocenters. The second kappa shape index (κ2) is 12.8. The van der Waals surface area contributed by atoms with E-state index in [0.717, 1.165) is 30.0 Å². The second-order valence-electron chi connectivity index (χ2n) is 7.47. The number of halogens is 2. The fourth-order valence-electron chi connectivity index (χ4n) is 3.92. The molecule has 3 N–H and O–H groups in total. The Morgan fingerprint density at radius 3 is 2.30 bits per heavy atom. The predicted molar refractivity (Wildman–Crippen MR) is 127 cm³/mol. The average Bonchev–Trinajstić information content (AvgIpc) is 3.28. The van der Waals surface area contributed by atoms with Gasteiger partial charge in [-0.3, -0.25) is 9.69 Å². The van der Waals surface area contributed by atoms with Gasteiger partial charge in [-0.25, -0.2) is 0 Å². The minimum absolute atomic E-state index is 0. The van der Waals surface area contributed by atoms with Crippen molar-refractivity contribution in [2.75, 3.05) is 26.7 Å². The van der Waals surface area contributed by atoms with Gasteiger partial charge in [0.05, 0.1) is 19.1 Å². The highest BCUT2D eigenvalue weighted by atomic mass is 35.5. The first-order chi connectivity index (χ1) is 13.6. The van der Waals surface area contributed by atoms with Crippen molar-refractivity contribution in [3.8, 4) is 5.75 Å². The van der Waals surface area contributed by atoms with Gasteiger partial charge in [-0.05, 0) is 37.6 Å². The molecule has 2 aromatic rings. The quantitative estimate of drug-likeness (QED) is 0.630. The zero-order valence-electron chi connectivity index (χ0n) is 17.6. The summed E-state index contributed by atoms with van der Waals surface area (Å²) < 4.78 is 5.58. The zero-order valence-corrected chi connectivity index (χ0v) is 19.3. The highest BCUT2D eigenvalue weighted by molar-refractivity contribution is 5.85. The molecule has 3 unspecified atom stereocenters. The molecule has 3 rings (SSSR count). The van der Waals surface area contributed by atoms with Gasteiger partial charge in [0.2, 0.25) is 5.91 Å². The van der Waals surface area contributed by atoms with Gasteiger partial charge >= 0.3 is 0 Å².